The van der Waals surface area contributed by atoms with E-state index in [1.165, 1.54) is 31.7 Å². The lowest BCUT2D eigenvalue weighted by atomic mass is 10.1. The Morgan fingerprint density at radius 2 is 1.79 bits per heavy atom. The highest BCUT2D eigenvalue weighted by Gasteiger charge is 2.19. The summed E-state index contributed by atoms with van der Waals surface area (Å²) in [5.74, 6) is 1.17. The van der Waals surface area contributed by atoms with Crippen molar-refractivity contribution in [2.75, 3.05) is 7.11 Å². The first-order chi connectivity index (χ1) is 11.8. The molecule has 0 atom stereocenters. The second-order valence-corrected chi connectivity index (χ2v) is 6.31. The topological polar surface area (TPSA) is 35.1 Å². The molecular weight excluding hydrogens is 305 g/mol. The predicted molar refractivity (Wildman–Crippen MR) is 91.6 cm³/mol. The van der Waals surface area contributed by atoms with Crippen LogP contribution in [0.25, 0.3) is 0 Å². The normalized spacial score (nSPS) is 14.8. The molecule has 3 rings (SSSR count). The second kappa shape index (κ2) is 8.15. The number of benzene rings is 2. The van der Waals surface area contributed by atoms with Crippen LogP contribution >= 0.6 is 0 Å². The van der Waals surface area contributed by atoms with Gasteiger partial charge in [-0.3, -0.25) is 0 Å². The largest absolute Gasteiger partial charge is 0.493 e. The first kappa shape index (κ1) is 16.8. The molecule has 3 nitrogen and oxygen atoms in total. The SMILES string of the molecule is COc1cccc(C[NH2+]C2CCCC2)c1OCc1ccccc1F. The van der Waals surface area contributed by atoms with Crippen molar-refractivity contribution < 1.29 is 19.2 Å². The van der Waals surface area contributed by atoms with Crippen LogP contribution in [0.2, 0.25) is 0 Å². The summed E-state index contributed by atoms with van der Waals surface area (Å²) in [5.41, 5.74) is 1.65. The zero-order chi connectivity index (χ0) is 16.8. The van der Waals surface area contributed by atoms with Gasteiger partial charge in [0.1, 0.15) is 19.0 Å². The quantitative estimate of drug-likeness (QED) is 0.844. The molecule has 0 spiro atoms. The first-order valence-corrected chi connectivity index (χ1v) is 8.63. The molecule has 2 aromatic carbocycles. The lowest BCUT2D eigenvalue weighted by Crippen LogP contribution is -2.87. The average molecular weight is 330 g/mol. The Hall–Kier alpha value is -2.07. The maximum atomic E-state index is 13.8. The molecule has 0 aromatic heterocycles. The van der Waals surface area contributed by atoms with E-state index in [2.05, 4.69) is 11.4 Å². The van der Waals surface area contributed by atoms with Gasteiger partial charge in [0.05, 0.1) is 18.7 Å². The van der Waals surface area contributed by atoms with Gasteiger partial charge in [-0.15, -0.1) is 0 Å². The molecule has 2 N–H and O–H groups in total. The highest BCUT2D eigenvalue weighted by molar-refractivity contribution is 5.46. The van der Waals surface area contributed by atoms with Crippen molar-refractivity contribution >= 4 is 0 Å². The van der Waals surface area contributed by atoms with E-state index < -0.39 is 0 Å². The number of halogens is 1. The van der Waals surface area contributed by atoms with Crippen LogP contribution < -0.4 is 14.8 Å². The average Bonchev–Trinajstić information content (AvgIpc) is 3.13. The van der Waals surface area contributed by atoms with Gasteiger partial charge in [0.25, 0.3) is 0 Å². The van der Waals surface area contributed by atoms with Crippen molar-refractivity contribution in [1.82, 2.24) is 0 Å². The van der Waals surface area contributed by atoms with Gasteiger partial charge in [-0.05, 0) is 43.9 Å². The molecule has 4 heteroatoms. The number of methoxy groups -OCH3 is 1. The summed E-state index contributed by atoms with van der Waals surface area (Å²) in [6, 6.07) is 13.3. The number of nitrogens with two attached hydrogens (primary N) is 1. The Balaban J connectivity index is 1.73. The van der Waals surface area contributed by atoms with E-state index in [9.17, 15) is 4.39 Å². The van der Waals surface area contributed by atoms with Crippen LogP contribution in [0.15, 0.2) is 42.5 Å². The molecule has 0 aliphatic heterocycles. The van der Waals surface area contributed by atoms with Crippen LogP contribution in [0.4, 0.5) is 4.39 Å². The Kier molecular flexibility index (Phi) is 5.70. The van der Waals surface area contributed by atoms with E-state index in [4.69, 9.17) is 9.47 Å². The van der Waals surface area contributed by atoms with Crippen molar-refractivity contribution in [3.8, 4) is 11.5 Å². The second-order valence-electron chi connectivity index (χ2n) is 6.31. The van der Waals surface area contributed by atoms with E-state index in [1.807, 2.05) is 18.2 Å². The summed E-state index contributed by atoms with van der Waals surface area (Å²) in [6.45, 7) is 1.05. The van der Waals surface area contributed by atoms with Gasteiger partial charge in [-0.1, -0.05) is 24.3 Å². The number of quaternary nitrogens is 1. The predicted octanol–water partition coefficient (Wildman–Crippen LogP) is 3.42. The number of hydrogen-bond donors (Lipinski definition) is 1. The molecule has 0 unspecified atom stereocenters. The van der Waals surface area contributed by atoms with Gasteiger partial charge in [-0.2, -0.15) is 0 Å². The highest BCUT2D eigenvalue weighted by atomic mass is 19.1. The standard InChI is InChI=1S/C20H24FNO2/c1-23-19-12-6-8-15(13-22-17-9-3-4-10-17)20(19)24-14-16-7-2-5-11-18(16)21/h2,5-8,11-12,17,22H,3-4,9-10,13-14H2,1H3/p+1. The third kappa shape index (κ3) is 4.06. The molecule has 0 bridgehead atoms. The van der Waals surface area contributed by atoms with E-state index in [0.29, 0.717) is 17.4 Å². The van der Waals surface area contributed by atoms with Gasteiger partial charge >= 0.3 is 0 Å². The lowest BCUT2D eigenvalue weighted by Gasteiger charge is -2.16. The van der Waals surface area contributed by atoms with Crippen molar-refractivity contribution in [1.29, 1.82) is 0 Å². The third-order valence-corrected chi connectivity index (χ3v) is 4.68. The third-order valence-electron chi connectivity index (χ3n) is 4.68. The van der Waals surface area contributed by atoms with Crippen LogP contribution in [0.1, 0.15) is 36.8 Å². The summed E-state index contributed by atoms with van der Waals surface area (Å²) in [6.07, 6.45) is 5.23. The summed E-state index contributed by atoms with van der Waals surface area (Å²) < 4.78 is 25.2. The van der Waals surface area contributed by atoms with Crippen LogP contribution in [-0.2, 0) is 13.2 Å². The summed E-state index contributed by atoms with van der Waals surface area (Å²) in [7, 11) is 1.63. The Morgan fingerprint density at radius 1 is 1.04 bits per heavy atom. The van der Waals surface area contributed by atoms with Crippen LogP contribution in [0.5, 0.6) is 11.5 Å². The van der Waals surface area contributed by atoms with Gasteiger partial charge in [0.2, 0.25) is 0 Å². The molecule has 1 saturated carbocycles. The van der Waals surface area contributed by atoms with Crippen molar-refractivity contribution in [3.05, 3.63) is 59.4 Å². The van der Waals surface area contributed by atoms with Crippen LogP contribution in [0.3, 0.4) is 0 Å². The fraction of sp³-hybridized carbons (Fsp3) is 0.400. The zero-order valence-corrected chi connectivity index (χ0v) is 14.1. The molecule has 0 heterocycles. The van der Waals surface area contributed by atoms with E-state index in [0.717, 1.165) is 17.9 Å². The van der Waals surface area contributed by atoms with E-state index in [-0.39, 0.29) is 12.4 Å². The number of rotatable bonds is 7. The van der Waals surface area contributed by atoms with Crippen LogP contribution in [-0.4, -0.2) is 13.2 Å². The van der Waals surface area contributed by atoms with Crippen LogP contribution in [0, 0.1) is 5.82 Å². The Bertz CT molecular complexity index is 668. The molecule has 1 aliphatic carbocycles. The maximum absolute atomic E-state index is 13.8. The molecule has 24 heavy (non-hydrogen) atoms. The molecule has 0 saturated heterocycles. The fourth-order valence-corrected chi connectivity index (χ4v) is 3.30. The number of hydrogen-bond acceptors (Lipinski definition) is 2. The van der Waals surface area contributed by atoms with Crippen molar-refractivity contribution in [3.63, 3.8) is 0 Å². The molecule has 0 radical (unpaired) electrons. The lowest BCUT2D eigenvalue weighted by molar-refractivity contribution is -0.703. The highest BCUT2D eigenvalue weighted by Crippen LogP contribution is 2.31. The fourth-order valence-electron chi connectivity index (χ4n) is 3.30. The molecule has 1 aliphatic rings. The summed E-state index contributed by atoms with van der Waals surface area (Å²) in [4.78, 5) is 0. The van der Waals surface area contributed by atoms with Crippen molar-refractivity contribution in [2.24, 2.45) is 0 Å². The summed E-state index contributed by atoms with van der Waals surface area (Å²) >= 11 is 0. The first-order valence-electron chi connectivity index (χ1n) is 8.63. The summed E-state index contributed by atoms with van der Waals surface area (Å²) in [5, 5.41) is 2.39. The molecule has 2 aromatic rings. The minimum atomic E-state index is -0.244. The smallest absolute Gasteiger partial charge is 0.170 e. The molecule has 1 fully saturated rings. The van der Waals surface area contributed by atoms with E-state index in [1.54, 1.807) is 19.2 Å². The van der Waals surface area contributed by atoms with Gasteiger partial charge in [0, 0.05) is 5.56 Å². The molecule has 128 valence electrons. The van der Waals surface area contributed by atoms with Crippen molar-refractivity contribution in [2.45, 2.75) is 44.9 Å². The molecular formula is C20H25FNO2+. The maximum Gasteiger partial charge on any atom is 0.170 e. The van der Waals surface area contributed by atoms with E-state index >= 15 is 0 Å². The minimum absolute atomic E-state index is 0.198. The van der Waals surface area contributed by atoms with Gasteiger partial charge < -0.3 is 14.8 Å². The monoisotopic (exact) mass is 330 g/mol. The zero-order valence-electron chi connectivity index (χ0n) is 14.1. The molecule has 0 amide bonds. The van der Waals surface area contributed by atoms with Gasteiger partial charge in [-0.25, -0.2) is 4.39 Å². The number of ether oxygens (including phenoxy) is 2. The Morgan fingerprint density at radius 3 is 2.54 bits per heavy atom. The Labute approximate surface area is 142 Å². The number of para-hydroxylation sites is 1. The minimum Gasteiger partial charge on any atom is -0.493 e. The van der Waals surface area contributed by atoms with Gasteiger partial charge in [0.15, 0.2) is 11.5 Å².